The molecule has 0 spiro atoms. The van der Waals surface area contributed by atoms with Crippen molar-refractivity contribution >= 4 is 50.4 Å². The zero-order valence-corrected chi connectivity index (χ0v) is 14.5. The number of quaternary nitrogens is 1. The largest absolute Gasteiger partial charge is 0.469 e. The SMILES string of the molecule is COC(=O)C1CCC(C2=C3C=NC=C[N+]3(Cl)C(I)=N2)CC1. The minimum absolute atomic E-state index is 0.0245. The first-order valence-electron chi connectivity index (χ1n) is 6.93. The van der Waals surface area contributed by atoms with Crippen molar-refractivity contribution in [2.24, 2.45) is 21.8 Å². The fraction of sp³-hybridized carbons (Fsp3) is 0.500. The van der Waals surface area contributed by atoms with Crippen molar-refractivity contribution in [1.29, 1.82) is 0 Å². The molecule has 1 aliphatic carbocycles. The number of amidine groups is 1. The molecular weight excluding hydrogens is 405 g/mol. The Kier molecular flexibility index (Phi) is 4.20. The highest BCUT2D eigenvalue weighted by Gasteiger charge is 2.46. The molecule has 0 aromatic heterocycles. The highest BCUT2D eigenvalue weighted by Crippen LogP contribution is 2.44. The number of methoxy groups -OCH3 is 1. The van der Waals surface area contributed by atoms with Gasteiger partial charge in [0, 0.05) is 5.92 Å². The van der Waals surface area contributed by atoms with Crippen LogP contribution in [-0.2, 0) is 9.53 Å². The number of carbonyl (C=O) groups is 1. The van der Waals surface area contributed by atoms with Gasteiger partial charge in [-0.05, 0) is 25.7 Å². The minimum atomic E-state index is -0.0970. The normalized spacial score (nSPS) is 34.7. The third-order valence-corrected chi connectivity index (χ3v) is 6.04. The highest BCUT2D eigenvalue weighted by molar-refractivity contribution is 14.1. The predicted octanol–water partition coefficient (Wildman–Crippen LogP) is 3.51. The molecule has 2 aliphatic heterocycles. The monoisotopic (exact) mass is 420 g/mol. The summed E-state index contributed by atoms with van der Waals surface area (Å²) in [6.07, 6.45) is 8.87. The number of halogens is 2. The van der Waals surface area contributed by atoms with E-state index in [1.54, 1.807) is 12.4 Å². The van der Waals surface area contributed by atoms with E-state index in [2.05, 4.69) is 32.6 Å². The van der Waals surface area contributed by atoms with Gasteiger partial charge in [0.05, 0.1) is 48.0 Å². The Bertz CT molecular complexity index is 591. The van der Waals surface area contributed by atoms with Crippen molar-refractivity contribution in [3.05, 3.63) is 23.8 Å². The molecule has 0 radical (unpaired) electrons. The van der Waals surface area contributed by atoms with E-state index in [9.17, 15) is 4.79 Å². The standard InChI is InChI=1S/C14H16ClIN3O2/c1-21-13(20)10-4-2-9(3-5-10)12-11-8-17-6-7-19(11,15)14(16)18-12/h6-10H,2-5H2,1H3/q+1. The van der Waals surface area contributed by atoms with Crippen LogP contribution < -0.4 is 0 Å². The molecule has 3 aliphatic rings. The van der Waals surface area contributed by atoms with Crippen LogP contribution >= 0.6 is 34.4 Å². The van der Waals surface area contributed by atoms with E-state index in [0.717, 1.165) is 40.9 Å². The maximum absolute atomic E-state index is 11.6. The van der Waals surface area contributed by atoms with Crippen LogP contribution in [-0.4, -0.2) is 27.1 Å². The number of hydrogen-bond acceptors (Lipinski definition) is 4. The Balaban J connectivity index is 1.80. The molecule has 1 fully saturated rings. The fourth-order valence-electron chi connectivity index (χ4n) is 3.10. The summed E-state index contributed by atoms with van der Waals surface area (Å²) >= 11 is 8.80. The van der Waals surface area contributed by atoms with Gasteiger partial charge in [0.25, 0.3) is 3.84 Å². The topological polar surface area (TPSA) is 51.0 Å². The molecule has 1 atom stereocenters. The number of allylic oxidation sites excluding steroid dienone is 2. The maximum atomic E-state index is 11.6. The first-order chi connectivity index (χ1) is 10.1. The van der Waals surface area contributed by atoms with Crippen molar-refractivity contribution in [3.63, 3.8) is 0 Å². The molecule has 0 saturated heterocycles. The summed E-state index contributed by atoms with van der Waals surface area (Å²) in [4.78, 5) is 20.5. The van der Waals surface area contributed by atoms with Crippen molar-refractivity contribution < 1.29 is 13.5 Å². The summed E-state index contributed by atoms with van der Waals surface area (Å²) in [5.74, 6) is 0.263. The van der Waals surface area contributed by atoms with Crippen molar-refractivity contribution in [3.8, 4) is 0 Å². The molecule has 7 heteroatoms. The Labute approximate surface area is 142 Å². The van der Waals surface area contributed by atoms with Crippen LogP contribution in [0.4, 0.5) is 0 Å². The second-order valence-corrected chi connectivity index (χ2v) is 6.93. The van der Waals surface area contributed by atoms with Gasteiger partial charge in [-0.15, -0.1) is 4.00 Å². The minimum Gasteiger partial charge on any atom is -0.469 e. The average molecular weight is 421 g/mol. The predicted molar refractivity (Wildman–Crippen MR) is 89.7 cm³/mol. The zero-order chi connectivity index (χ0) is 15.0. The average Bonchev–Trinajstić information content (AvgIpc) is 2.78. The van der Waals surface area contributed by atoms with Gasteiger partial charge in [-0.3, -0.25) is 9.79 Å². The van der Waals surface area contributed by atoms with Crippen LogP contribution in [0.1, 0.15) is 25.7 Å². The van der Waals surface area contributed by atoms with Gasteiger partial charge in [-0.1, -0.05) is 0 Å². The number of carbonyl (C=O) groups excluding carboxylic acids is 1. The van der Waals surface area contributed by atoms with Crippen LogP contribution in [0.5, 0.6) is 0 Å². The van der Waals surface area contributed by atoms with Crippen molar-refractivity contribution in [1.82, 2.24) is 0 Å². The van der Waals surface area contributed by atoms with Gasteiger partial charge >= 0.3 is 5.97 Å². The van der Waals surface area contributed by atoms with E-state index in [0.29, 0.717) is 5.92 Å². The molecule has 3 rings (SSSR count). The van der Waals surface area contributed by atoms with Crippen LogP contribution in [0.25, 0.3) is 0 Å². The summed E-state index contributed by atoms with van der Waals surface area (Å²) in [7, 11) is 1.45. The third-order valence-electron chi connectivity index (χ3n) is 4.30. The van der Waals surface area contributed by atoms with Crippen molar-refractivity contribution in [2.45, 2.75) is 25.7 Å². The third kappa shape index (κ3) is 2.57. The number of ether oxygens (including phenoxy) is 1. The second kappa shape index (κ2) is 5.81. The number of hydrogen-bond donors (Lipinski definition) is 0. The zero-order valence-electron chi connectivity index (χ0n) is 11.6. The first kappa shape index (κ1) is 15.2. The lowest BCUT2D eigenvalue weighted by Crippen LogP contribution is -2.34. The Morgan fingerprint density at radius 2 is 2.14 bits per heavy atom. The number of rotatable bonds is 2. The molecule has 112 valence electrons. The molecule has 21 heavy (non-hydrogen) atoms. The Morgan fingerprint density at radius 3 is 2.81 bits per heavy atom. The van der Waals surface area contributed by atoms with Gasteiger partial charge in [0.15, 0.2) is 11.8 Å². The Morgan fingerprint density at radius 1 is 1.43 bits per heavy atom. The van der Waals surface area contributed by atoms with Crippen LogP contribution in [0.15, 0.2) is 33.8 Å². The molecular formula is C14H16ClIN3O2+. The maximum Gasteiger partial charge on any atom is 0.308 e. The molecule has 1 saturated carbocycles. The summed E-state index contributed by atoms with van der Waals surface area (Å²) in [5.41, 5.74) is 1.95. The number of aliphatic imine (C=N–C) groups is 2. The first-order valence-corrected chi connectivity index (χ1v) is 8.34. The van der Waals surface area contributed by atoms with E-state index >= 15 is 0 Å². The van der Waals surface area contributed by atoms with Gasteiger partial charge in [0.2, 0.25) is 5.70 Å². The summed E-state index contributed by atoms with van der Waals surface area (Å²) in [6, 6.07) is 0. The lowest BCUT2D eigenvalue weighted by molar-refractivity contribution is -0.594. The molecule has 1 unspecified atom stereocenters. The van der Waals surface area contributed by atoms with Crippen LogP contribution in [0.3, 0.4) is 0 Å². The summed E-state index contributed by atoms with van der Waals surface area (Å²) in [5, 5.41) is 0. The molecule has 0 N–H and O–H groups in total. The van der Waals surface area contributed by atoms with E-state index in [4.69, 9.17) is 16.5 Å². The lowest BCUT2D eigenvalue weighted by atomic mass is 9.80. The van der Waals surface area contributed by atoms with Gasteiger partial charge in [-0.2, -0.15) is 4.99 Å². The molecule has 0 bridgehead atoms. The number of nitrogens with zero attached hydrogens (tertiary/aromatic N) is 3. The van der Waals surface area contributed by atoms with Gasteiger partial charge in [0.1, 0.15) is 11.9 Å². The van der Waals surface area contributed by atoms with E-state index < -0.39 is 0 Å². The molecule has 0 amide bonds. The molecule has 0 aromatic rings. The molecule has 5 nitrogen and oxygen atoms in total. The van der Waals surface area contributed by atoms with Gasteiger partial charge < -0.3 is 4.74 Å². The second-order valence-electron chi connectivity index (χ2n) is 5.44. The van der Waals surface area contributed by atoms with E-state index in [-0.39, 0.29) is 15.9 Å². The van der Waals surface area contributed by atoms with Gasteiger partial charge in [-0.25, -0.2) is 0 Å². The molecule has 0 aromatic carbocycles. The summed E-state index contributed by atoms with van der Waals surface area (Å²) in [6.45, 7) is 0. The molecule has 2 heterocycles. The van der Waals surface area contributed by atoms with Crippen LogP contribution in [0.2, 0.25) is 0 Å². The number of esters is 1. The smallest absolute Gasteiger partial charge is 0.308 e. The summed E-state index contributed by atoms with van der Waals surface area (Å²) < 4.78 is 5.75. The fourth-order valence-corrected chi connectivity index (χ4v) is 4.00. The lowest BCUT2D eigenvalue weighted by Gasteiger charge is -2.27. The quantitative estimate of drug-likeness (QED) is 0.297. The van der Waals surface area contributed by atoms with E-state index in [1.165, 1.54) is 7.11 Å². The van der Waals surface area contributed by atoms with E-state index in [1.807, 2.05) is 6.20 Å². The number of fused-ring (bicyclic) bond motifs is 1. The Hall–Kier alpha value is -0.730. The van der Waals surface area contributed by atoms with Crippen molar-refractivity contribution in [2.75, 3.05) is 7.11 Å². The highest BCUT2D eigenvalue weighted by atomic mass is 127. The van der Waals surface area contributed by atoms with Crippen LogP contribution in [0, 0.1) is 11.8 Å².